The fourth-order valence-corrected chi connectivity index (χ4v) is 4.96. The minimum Gasteiger partial charge on any atom is -0.481 e. The van der Waals surface area contributed by atoms with Crippen molar-refractivity contribution in [3.8, 4) is 0 Å². The number of piperazine rings is 1. The van der Waals surface area contributed by atoms with E-state index in [0.717, 1.165) is 68.9 Å². The fraction of sp³-hybridized carbons (Fsp3) is 0.762. The molecule has 0 spiro atoms. The topological polar surface area (TPSA) is 92.8 Å². The molecular formula is C21H33N5O3. The number of H-pyrrole nitrogens is 1. The zero-order valence-corrected chi connectivity index (χ0v) is 17.6. The maximum atomic E-state index is 13.4. The number of rotatable bonds is 6. The van der Waals surface area contributed by atoms with Gasteiger partial charge < -0.3 is 14.9 Å². The SMILES string of the molecule is Cc1[nH]nc(C2CC2)c1C(=O)N1CC[C@@H](N2CCN(C)CC2)[C@@H](CCC(=O)O)C1. The number of likely N-dealkylation sites (tertiary alicyclic amines) is 1. The van der Waals surface area contributed by atoms with E-state index in [1.807, 2.05) is 11.8 Å². The molecule has 2 N–H and O–H groups in total. The summed E-state index contributed by atoms with van der Waals surface area (Å²) in [5.41, 5.74) is 2.53. The number of piperidine rings is 1. The molecule has 2 aliphatic heterocycles. The maximum absolute atomic E-state index is 13.4. The van der Waals surface area contributed by atoms with Gasteiger partial charge in [-0.25, -0.2) is 0 Å². The van der Waals surface area contributed by atoms with Gasteiger partial charge >= 0.3 is 5.97 Å². The van der Waals surface area contributed by atoms with Gasteiger partial charge in [0, 0.05) is 63.3 Å². The molecule has 160 valence electrons. The number of carbonyl (C=O) groups is 2. The summed E-state index contributed by atoms with van der Waals surface area (Å²) in [7, 11) is 2.14. The van der Waals surface area contributed by atoms with Crippen LogP contribution in [0.3, 0.4) is 0 Å². The Labute approximate surface area is 172 Å². The highest BCUT2D eigenvalue weighted by Crippen LogP contribution is 2.41. The summed E-state index contributed by atoms with van der Waals surface area (Å²) in [4.78, 5) is 31.4. The van der Waals surface area contributed by atoms with Gasteiger partial charge in [0.1, 0.15) is 0 Å². The van der Waals surface area contributed by atoms with Gasteiger partial charge in [-0.15, -0.1) is 0 Å². The van der Waals surface area contributed by atoms with Crippen LogP contribution in [0.25, 0.3) is 0 Å². The van der Waals surface area contributed by atoms with Crippen molar-refractivity contribution in [3.05, 3.63) is 17.0 Å². The normalized spacial score (nSPS) is 26.6. The van der Waals surface area contributed by atoms with Crippen molar-refractivity contribution in [2.45, 2.75) is 51.0 Å². The molecule has 1 saturated carbocycles. The van der Waals surface area contributed by atoms with Crippen molar-refractivity contribution in [1.82, 2.24) is 24.9 Å². The number of amides is 1. The average Bonchev–Trinajstić information content (AvgIpc) is 3.48. The molecule has 2 atom stereocenters. The van der Waals surface area contributed by atoms with E-state index >= 15 is 0 Å². The van der Waals surface area contributed by atoms with E-state index in [-0.39, 0.29) is 18.2 Å². The highest BCUT2D eigenvalue weighted by atomic mass is 16.4. The van der Waals surface area contributed by atoms with Gasteiger partial charge in [0.25, 0.3) is 5.91 Å². The Bertz CT molecular complexity index is 751. The predicted molar refractivity (Wildman–Crippen MR) is 109 cm³/mol. The molecule has 2 saturated heterocycles. The van der Waals surface area contributed by atoms with Gasteiger partial charge in [-0.2, -0.15) is 5.10 Å². The van der Waals surface area contributed by atoms with Crippen LogP contribution in [0.5, 0.6) is 0 Å². The molecule has 8 heteroatoms. The lowest BCUT2D eigenvalue weighted by molar-refractivity contribution is -0.137. The highest BCUT2D eigenvalue weighted by Gasteiger charge is 2.39. The van der Waals surface area contributed by atoms with Gasteiger partial charge in [-0.3, -0.25) is 19.6 Å². The molecule has 29 heavy (non-hydrogen) atoms. The number of aliphatic carboxylic acids is 1. The van der Waals surface area contributed by atoms with E-state index in [1.54, 1.807) is 0 Å². The van der Waals surface area contributed by atoms with E-state index in [2.05, 4.69) is 27.0 Å². The first-order chi connectivity index (χ1) is 13.9. The summed E-state index contributed by atoms with van der Waals surface area (Å²) in [6, 6.07) is 0.362. The number of carboxylic acid groups (broad SMARTS) is 1. The Morgan fingerprint density at radius 2 is 1.86 bits per heavy atom. The number of nitrogens with one attached hydrogen (secondary N) is 1. The van der Waals surface area contributed by atoms with Crippen molar-refractivity contribution in [1.29, 1.82) is 0 Å². The standard InChI is InChI=1S/C21H33N5O3/c1-14-19(20(23-22-14)15-3-4-15)21(29)26-8-7-17(16(13-26)5-6-18(27)28)25-11-9-24(2)10-12-25/h15-17H,3-13H2,1-2H3,(H,22,23)(H,27,28)/t16-,17+/m0/s1. The summed E-state index contributed by atoms with van der Waals surface area (Å²) in [6.07, 6.45) is 3.91. The zero-order valence-electron chi connectivity index (χ0n) is 17.6. The monoisotopic (exact) mass is 403 g/mol. The van der Waals surface area contributed by atoms with Gasteiger partial charge in [0.2, 0.25) is 0 Å². The Balaban J connectivity index is 1.48. The molecule has 3 heterocycles. The zero-order chi connectivity index (χ0) is 20.5. The minimum atomic E-state index is -0.757. The summed E-state index contributed by atoms with van der Waals surface area (Å²) in [5, 5.41) is 16.6. The quantitative estimate of drug-likeness (QED) is 0.749. The molecule has 0 radical (unpaired) electrons. The van der Waals surface area contributed by atoms with Crippen molar-refractivity contribution in [3.63, 3.8) is 0 Å². The van der Waals surface area contributed by atoms with Gasteiger partial charge in [-0.05, 0) is 45.6 Å². The molecule has 0 bridgehead atoms. The molecule has 1 aromatic rings. The first kappa shape index (κ1) is 20.3. The molecule has 3 aliphatic rings. The summed E-state index contributed by atoms with van der Waals surface area (Å²) < 4.78 is 0. The second-order valence-electron chi connectivity index (χ2n) is 9.02. The third kappa shape index (κ3) is 4.48. The number of likely N-dealkylation sites (N-methyl/N-ethyl adjacent to an activating group) is 1. The fourth-order valence-electron chi connectivity index (χ4n) is 4.96. The predicted octanol–water partition coefficient (Wildman–Crippen LogP) is 1.54. The molecule has 0 unspecified atom stereocenters. The third-order valence-electron chi connectivity index (χ3n) is 6.87. The van der Waals surface area contributed by atoms with Crippen LogP contribution in [0.4, 0.5) is 0 Å². The van der Waals surface area contributed by atoms with Crippen molar-refractivity contribution in [2.75, 3.05) is 46.3 Å². The Kier molecular flexibility index (Phi) is 5.92. The molecule has 8 nitrogen and oxygen atoms in total. The van der Waals surface area contributed by atoms with Gasteiger partial charge in [-0.1, -0.05) is 0 Å². The average molecular weight is 404 g/mol. The number of aromatic nitrogens is 2. The lowest BCUT2D eigenvalue weighted by Crippen LogP contribution is -2.57. The van der Waals surface area contributed by atoms with E-state index in [9.17, 15) is 14.7 Å². The number of nitrogens with zero attached hydrogens (tertiary/aromatic N) is 4. The molecule has 1 aliphatic carbocycles. The van der Waals surface area contributed by atoms with Crippen molar-refractivity contribution >= 4 is 11.9 Å². The summed E-state index contributed by atoms with van der Waals surface area (Å²) in [6.45, 7) is 7.42. The van der Waals surface area contributed by atoms with E-state index in [4.69, 9.17) is 0 Å². The van der Waals surface area contributed by atoms with E-state index < -0.39 is 5.97 Å². The third-order valence-corrected chi connectivity index (χ3v) is 6.87. The van der Waals surface area contributed by atoms with Crippen LogP contribution in [0, 0.1) is 12.8 Å². The number of hydrogen-bond acceptors (Lipinski definition) is 5. The summed E-state index contributed by atoms with van der Waals surface area (Å²) >= 11 is 0. The molecule has 1 amide bonds. The van der Waals surface area contributed by atoms with Gasteiger partial charge in [0.15, 0.2) is 0 Å². The number of hydrogen-bond donors (Lipinski definition) is 2. The number of aryl methyl sites for hydroxylation is 1. The Hall–Kier alpha value is -1.93. The van der Waals surface area contributed by atoms with E-state index in [1.165, 1.54) is 0 Å². The highest BCUT2D eigenvalue weighted by molar-refractivity contribution is 5.96. The molecule has 3 fully saturated rings. The van der Waals surface area contributed by atoms with Crippen LogP contribution in [0.2, 0.25) is 0 Å². The van der Waals surface area contributed by atoms with Crippen LogP contribution in [0.15, 0.2) is 0 Å². The smallest absolute Gasteiger partial charge is 0.303 e. The second kappa shape index (κ2) is 8.44. The lowest BCUT2D eigenvalue weighted by Gasteiger charge is -2.46. The molecule has 4 rings (SSSR count). The largest absolute Gasteiger partial charge is 0.481 e. The number of carboxylic acids is 1. The van der Waals surface area contributed by atoms with E-state index in [0.29, 0.717) is 24.9 Å². The van der Waals surface area contributed by atoms with Gasteiger partial charge in [0.05, 0.1) is 11.3 Å². The first-order valence-electron chi connectivity index (χ1n) is 10.9. The first-order valence-corrected chi connectivity index (χ1v) is 10.9. The Morgan fingerprint density at radius 3 is 2.52 bits per heavy atom. The van der Waals surface area contributed by atoms with Crippen LogP contribution < -0.4 is 0 Å². The number of aromatic amines is 1. The molecule has 0 aromatic carbocycles. The van der Waals surface area contributed by atoms with Crippen LogP contribution in [-0.2, 0) is 4.79 Å². The summed E-state index contributed by atoms with van der Waals surface area (Å²) in [5.74, 6) is -0.0732. The molecule has 1 aromatic heterocycles. The minimum absolute atomic E-state index is 0.0651. The maximum Gasteiger partial charge on any atom is 0.303 e. The molecular weight excluding hydrogens is 370 g/mol. The Morgan fingerprint density at radius 1 is 1.14 bits per heavy atom. The van der Waals surface area contributed by atoms with Crippen LogP contribution in [-0.4, -0.2) is 94.2 Å². The van der Waals surface area contributed by atoms with Crippen LogP contribution >= 0.6 is 0 Å². The second-order valence-corrected chi connectivity index (χ2v) is 9.02. The number of carbonyl (C=O) groups excluding carboxylic acids is 1. The van der Waals surface area contributed by atoms with Crippen molar-refractivity contribution < 1.29 is 14.7 Å². The van der Waals surface area contributed by atoms with Crippen molar-refractivity contribution in [2.24, 2.45) is 5.92 Å². The lowest BCUT2D eigenvalue weighted by atomic mass is 9.86. The van der Waals surface area contributed by atoms with Crippen LogP contribution in [0.1, 0.15) is 59.8 Å².